The Morgan fingerprint density at radius 2 is 1.79 bits per heavy atom. The van der Waals surface area contributed by atoms with Crippen molar-refractivity contribution < 1.29 is 54.4 Å². The summed E-state index contributed by atoms with van der Waals surface area (Å²) in [5, 5.41) is 81.1. The summed E-state index contributed by atoms with van der Waals surface area (Å²) in [5.41, 5.74) is -5.77. The van der Waals surface area contributed by atoms with E-state index in [1.807, 2.05) is 0 Å². The molecule has 16 atom stereocenters. The van der Waals surface area contributed by atoms with Crippen LogP contribution in [0, 0.1) is 57.7 Å². The van der Waals surface area contributed by atoms with Crippen molar-refractivity contribution in [1.82, 2.24) is 15.5 Å². The standard InChI is InChI=1S/C48H73N3O11/c1-28(52)25-49-26-33-32-23-35-42(55)51-27-30(51)12-8-15-45-18-19-46(29-10-6-5-7-11-29)37(44(3,56)48(58,59)40(33)62-39(32)41(54)50-35)14-17-47(46,57)38(45)24-36(53)34-22-31(13-16-43(34,45)2)61-21-9-20-60-4/h24,28-35,37,39-41,49-50,52,54,56-59H,5-7,9-14,16-23,25-27H2,1-4H3/t28-,30+,31-,32+,33+,34-,35+,37+,39+,40-,41+,43-,44-,45-,46-,47+,51?/m0/s1. The lowest BCUT2D eigenvalue weighted by molar-refractivity contribution is -0.348. The minimum absolute atomic E-state index is 0.0348. The van der Waals surface area contributed by atoms with Crippen LogP contribution in [0.5, 0.6) is 0 Å². The van der Waals surface area contributed by atoms with Crippen molar-refractivity contribution in [1.29, 1.82) is 0 Å². The van der Waals surface area contributed by atoms with E-state index in [0.29, 0.717) is 57.4 Å². The molecule has 8 N–H and O–H groups in total. The average Bonchev–Trinajstić information content (AvgIpc) is 3.79. The van der Waals surface area contributed by atoms with Gasteiger partial charge in [-0.1, -0.05) is 32.1 Å². The van der Waals surface area contributed by atoms with Gasteiger partial charge in [0, 0.05) is 69.5 Å². The van der Waals surface area contributed by atoms with Crippen LogP contribution in [0.3, 0.4) is 0 Å². The first-order valence-electron chi connectivity index (χ1n) is 24.0. The van der Waals surface area contributed by atoms with Gasteiger partial charge < -0.3 is 55.1 Å². The number of carbonyl (C=O) groups excluding carboxylic acids is 2. The van der Waals surface area contributed by atoms with E-state index in [1.54, 1.807) is 25.0 Å². The van der Waals surface area contributed by atoms with E-state index in [1.165, 1.54) is 6.92 Å². The Morgan fingerprint density at radius 1 is 1.02 bits per heavy atom. The number of hydrogen-bond acceptors (Lipinski definition) is 13. The number of piperidine rings is 1. The van der Waals surface area contributed by atoms with Crippen molar-refractivity contribution in [3.63, 3.8) is 0 Å². The van der Waals surface area contributed by atoms with Crippen LogP contribution in [-0.4, -0.2) is 147 Å². The second-order valence-electron chi connectivity index (χ2n) is 21.6. The number of aliphatic hydroxyl groups excluding tert-OH is 2. The van der Waals surface area contributed by atoms with Crippen molar-refractivity contribution in [2.75, 3.05) is 40.0 Å². The molecule has 0 aromatic rings. The van der Waals surface area contributed by atoms with Crippen LogP contribution in [0.2, 0.25) is 0 Å². The smallest absolute Gasteiger partial charge is 0.240 e. The van der Waals surface area contributed by atoms with Gasteiger partial charge in [-0.15, -0.1) is 5.92 Å². The van der Waals surface area contributed by atoms with E-state index in [-0.39, 0.29) is 68.0 Å². The highest BCUT2D eigenvalue weighted by atomic mass is 16.6. The molecule has 7 fully saturated rings. The summed E-state index contributed by atoms with van der Waals surface area (Å²) < 4.78 is 18.1. The summed E-state index contributed by atoms with van der Waals surface area (Å²) in [7, 11) is 1.67. The lowest BCUT2D eigenvalue weighted by Crippen LogP contribution is -2.71. The van der Waals surface area contributed by atoms with Crippen LogP contribution in [0.1, 0.15) is 117 Å². The quantitative estimate of drug-likeness (QED) is 0.0684. The zero-order valence-electron chi connectivity index (χ0n) is 37.3. The van der Waals surface area contributed by atoms with Gasteiger partial charge in [-0.2, -0.15) is 0 Å². The number of amides is 1. The van der Waals surface area contributed by atoms with E-state index in [2.05, 4.69) is 29.4 Å². The molecule has 10 rings (SSSR count). The molecule has 10 aliphatic rings. The number of nitrogens with zero attached hydrogens (tertiary/aromatic N) is 1. The van der Waals surface area contributed by atoms with Crippen molar-refractivity contribution in [3.8, 4) is 11.8 Å². The molecule has 346 valence electrons. The van der Waals surface area contributed by atoms with Crippen molar-refractivity contribution >= 4 is 11.7 Å². The molecule has 0 aromatic heterocycles. The largest absolute Gasteiger partial charge is 0.392 e. The summed E-state index contributed by atoms with van der Waals surface area (Å²) in [6.07, 6.45) is 6.83. The minimum Gasteiger partial charge on any atom is -0.392 e. The maximum atomic E-state index is 14.8. The fourth-order valence-electron chi connectivity index (χ4n) is 15.2. The zero-order valence-corrected chi connectivity index (χ0v) is 37.3. The zero-order chi connectivity index (χ0) is 44.0. The van der Waals surface area contributed by atoms with Gasteiger partial charge in [0.05, 0.1) is 35.3 Å². The number of methoxy groups -OCH3 is 1. The third kappa shape index (κ3) is 6.76. The van der Waals surface area contributed by atoms with Crippen LogP contribution in [0.15, 0.2) is 11.6 Å². The Balaban J connectivity index is 1.18. The number of nitrogens with one attached hydrogen (secondary N) is 2. The first-order valence-corrected chi connectivity index (χ1v) is 24.0. The Bertz CT molecular complexity index is 1820. The molecule has 0 radical (unpaired) electrons. The number of aliphatic hydroxyl groups is 6. The van der Waals surface area contributed by atoms with Crippen molar-refractivity contribution in [3.05, 3.63) is 11.6 Å². The van der Waals surface area contributed by atoms with Gasteiger partial charge in [0.15, 0.2) is 5.78 Å². The number of carbonyl (C=O) groups is 2. The molecule has 3 saturated heterocycles. The van der Waals surface area contributed by atoms with Crippen molar-refractivity contribution in [2.45, 2.75) is 177 Å². The topological polar surface area (TPSA) is 210 Å². The Morgan fingerprint density at radius 3 is 2.53 bits per heavy atom. The molecule has 1 spiro atoms. The Hall–Kier alpha value is -2.00. The van der Waals surface area contributed by atoms with Gasteiger partial charge in [-0.3, -0.25) is 14.9 Å². The monoisotopic (exact) mass is 868 g/mol. The first kappa shape index (κ1) is 45.2. The first-order chi connectivity index (χ1) is 29.5. The second-order valence-corrected chi connectivity index (χ2v) is 21.6. The number of ether oxygens (including phenoxy) is 3. The van der Waals surface area contributed by atoms with Gasteiger partial charge >= 0.3 is 0 Å². The highest BCUT2D eigenvalue weighted by Gasteiger charge is 2.78. The molecular weight excluding hydrogens is 795 g/mol. The summed E-state index contributed by atoms with van der Waals surface area (Å²) in [4.78, 5) is 30.8. The van der Waals surface area contributed by atoms with Crippen LogP contribution < -0.4 is 10.6 Å². The predicted molar refractivity (Wildman–Crippen MR) is 227 cm³/mol. The van der Waals surface area contributed by atoms with Crippen LogP contribution in [-0.2, 0) is 23.8 Å². The molecular formula is C48H73N3O11. The van der Waals surface area contributed by atoms with Gasteiger partial charge in [-0.25, -0.2) is 0 Å². The van der Waals surface area contributed by atoms with Crippen molar-refractivity contribution in [2.24, 2.45) is 45.8 Å². The lowest BCUT2D eigenvalue weighted by atomic mass is 9.37. The van der Waals surface area contributed by atoms with Crippen LogP contribution in [0.4, 0.5) is 0 Å². The number of ketones is 1. The molecule has 1 amide bonds. The maximum Gasteiger partial charge on any atom is 0.240 e. The predicted octanol–water partition coefficient (Wildman–Crippen LogP) is 1.91. The average molecular weight is 868 g/mol. The van der Waals surface area contributed by atoms with E-state index in [0.717, 1.165) is 44.9 Å². The minimum atomic E-state index is -2.89. The molecule has 14 heteroatoms. The van der Waals surface area contributed by atoms with Gasteiger partial charge in [-0.05, 0) is 113 Å². The molecule has 62 heavy (non-hydrogen) atoms. The Labute approximate surface area is 366 Å². The number of allylic oxidation sites excluding steroid dienone is 1. The SMILES string of the molecule is COCCCO[C@H]1CC[C@@]2(C)[C@@H](C1)C(=O)C=C1[C@]3(O)CC[C@@H]4[C@](C)(O)C(O)(O)[C@H]5O[C@@H]6[C@H](C[C@@H](N[C@@H]6O)C(=O)N6C[C@H]6CC#C[C@]12CC[C@]43C1CCCCC1)[C@H]5CNC[C@H](C)O. The van der Waals surface area contributed by atoms with E-state index < -0.39 is 81.6 Å². The summed E-state index contributed by atoms with van der Waals surface area (Å²) in [5.74, 6) is 1.83. The van der Waals surface area contributed by atoms with Gasteiger partial charge in [0.1, 0.15) is 24.0 Å². The van der Waals surface area contributed by atoms with Gasteiger partial charge in [0.2, 0.25) is 11.7 Å². The Kier molecular flexibility index (Phi) is 12.0. The number of hydrogen-bond donors (Lipinski definition) is 8. The van der Waals surface area contributed by atoms with E-state index >= 15 is 0 Å². The van der Waals surface area contributed by atoms with Crippen LogP contribution in [0.25, 0.3) is 0 Å². The highest BCUT2D eigenvalue weighted by molar-refractivity contribution is 5.96. The lowest BCUT2D eigenvalue weighted by Gasteiger charge is -2.67. The molecule has 0 aromatic carbocycles. The maximum absolute atomic E-state index is 14.8. The van der Waals surface area contributed by atoms with Gasteiger partial charge in [0.25, 0.3) is 0 Å². The fraction of sp³-hybridized carbons (Fsp3) is 0.875. The molecule has 0 unspecified atom stereocenters. The number of rotatable bonds is 10. The molecule has 5 aliphatic heterocycles. The molecule has 5 aliphatic carbocycles. The third-order valence-electron chi connectivity index (χ3n) is 18.5. The third-order valence-corrected chi connectivity index (χ3v) is 18.5. The summed E-state index contributed by atoms with van der Waals surface area (Å²) >= 11 is 0. The van der Waals surface area contributed by atoms with E-state index in [9.17, 15) is 40.2 Å². The summed E-state index contributed by atoms with van der Waals surface area (Å²) in [6.45, 7) is 7.37. The summed E-state index contributed by atoms with van der Waals surface area (Å²) in [6, 6.07) is -0.881. The fourth-order valence-corrected chi connectivity index (χ4v) is 15.2. The molecule has 7 bridgehead atoms. The molecule has 4 saturated carbocycles. The number of fused-ring (bicyclic) bond motifs is 4. The second kappa shape index (κ2) is 16.4. The van der Waals surface area contributed by atoms with Crippen LogP contribution >= 0.6 is 0 Å². The molecule has 5 heterocycles. The van der Waals surface area contributed by atoms with E-state index in [4.69, 9.17) is 14.2 Å². The highest BCUT2D eigenvalue weighted by Crippen LogP contribution is 2.76. The normalized spacial score (nSPS) is 47.7. The molecule has 14 nitrogen and oxygen atoms in total.